The number of alkyl halides is 3. The summed E-state index contributed by atoms with van der Waals surface area (Å²) >= 11 is 0. The van der Waals surface area contributed by atoms with Crippen molar-refractivity contribution < 1.29 is 17.9 Å². The summed E-state index contributed by atoms with van der Waals surface area (Å²) in [5.41, 5.74) is 1.93. The van der Waals surface area contributed by atoms with Gasteiger partial charge in [0.05, 0.1) is 6.54 Å². The number of nitrogens with zero attached hydrogens (tertiary/aromatic N) is 3. The summed E-state index contributed by atoms with van der Waals surface area (Å²) in [7, 11) is 3.86. The average Bonchev–Trinajstić information content (AvgIpc) is 2.69. The predicted octanol–water partition coefficient (Wildman–Crippen LogP) is 3.96. The van der Waals surface area contributed by atoms with E-state index in [0.29, 0.717) is 25.6 Å². The van der Waals surface area contributed by atoms with Crippen molar-refractivity contribution in [2.45, 2.75) is 26.2 Å². The molecule has 0 bridgehead atoms. The highest BCUT2D eigenvalue weighted by atomic mass is 127. The number of rotatable bonds is 8. The van der Waals surface area contributed by atoms with E-state index in [1.54, 1.807) is 18.3 Å². The Labute approximate surface area is 192 Å². The van der Waals surface area contributed by atoms with Gasteiger partial charge < -0.3 is 20.3 Å². The maximum Gasteiger partial charge on any atom is 0.422 e. The van der Waals surface area contributed by atoms with Crippen molar-refractivity contribution >= 4 is 35.8 Å². The van der Waals surface area contributed by atoms with E-state index in [9.17, 15) is 13.2 Å². The van der Waals surface area contributed by atoms with E-state index in [-0.39, 0.29) is 29.7 Å². The van der Waals surface area contributed by atoms with Gasteiger partial charge in [0.2, 0.25) is 0 Å². The number of pyridine rings is 1. The van der Waals surface area contributed by atoms with Crippen LogP contribution in [0.5, 0.6) is 5.75 Å². The van der Waals surface area contributed by atoms with Crippen molar-refractivity contribution in [1.29, 1.82) is 0 Å². The van der Waals surface area contributed by atoms with E-state index in [0.717, 1.165) is 16.9 Å². The predicted molar refractivity (Wildman–Crippen MR) is 124 cm³/mol. The molecular formula is C20H27F3IN5O. The Morgan fingerprint density at radius 2 is 1.80 bits per heavy atom. The second-order valence-electron chi connectivity index (χ2n) is 6.51. The number of nitrogens with one attached hydrogen (secondary N) is 2. The summed E-state index contributed by atoms with van der Waals surface area (Å²) in [6, 6.07) is 10.4. The minimum Gasteiger partial charge on any atom is -0.484 e. The maximum atomic E-state index is 12.2. The summed E-state index contributed by atoms with van der Waals surface area (Å²) in [6.07, 6.45) is -2.59. The molecule has 0 saturated carbocycles. The highest BCUT2D eigenvalue weighted by molar-refractivity contribution is 14.0. The number of anilines is 1. The third-order valence-electron chi connectivity index (χ3n) is 3.82. The lowest BCUT2D eigenvalue weighted by Crippen LogP contribution is -2.36. The van der Waals surface area contributed by atoms with E-state index in [1.807, 2.05) is 38.1 Å². The summed E-state index contributed by atoms with van der Waals surface area (Å²) < 4.78 is 41.3. The lowest BCUT2D eigenvalue weighted by Gasteiger charge is -2.13. The molecular weight excluding hydrogens is 510 g/mol. The molecule has 2 N–H and O–H groups in total. The van der Waals surface area contributed by atoms with Crippen molar-refractivity contribution in [3.05, 3.63) is 53.7 Å². The van der Waals surface area contributed by atoms with Gasteiger partial charge in [-0.25, -0.2) is 9.98 Å². The summed E-state index contributed by atoms with van der Waals surface area (Å²) in [5.74, 6) is 1.69. The monoisotopic (exact) mass is 537 g/mol. The highest BCUT2D eigenvalue weighted by Crippen LogP contribution is 2.18. The van der Waals surface area contributed by atoms with E-state index < -0.39 is 12.8 Å². The highest BCUT2D eigenvalue weighted by Gasteiger charge is 2.28. The molecule has 2 aromatic rings. The molecule has 10 heteroatoms. The van der Waals surface area contributed by atoms with Gasteiger partial charge in [-0.2, -0.15) is 13.2 Å². The average molecular weight is 537 g/mol. The smallest absolute Gasteiger partial charge is 0.422 e. The number of ether oxygens (including phenoxy) is 1. The molecule has 6 nitrogen and oxygen atoms in total. The molecule has 0 fully saturated rings. The number of guanidine groups is 1. The van der Waals surface area contributed by atoms with Crippen molar-refractivity contribution in [3.8, 4) is 5.75 Å². The van der Waals surface area contributed by atoms with Crippen LogP contribution in [0.25, 0.3) is 0 Å². The molecule has 166 valence electrons. The lowest BCUT2D eigenvalue weighted by atomic mass is 10.2. The molecule has 0 saturated heterocycles. The van der Waals surface area contributed by atoms with E-state index >= 15 is 0 Å². The van der Waals surface area contributed by atoms with Gasteiger partial charge in [-0.05, 0) is 42.3 Å². The first-order valence-electron chi connectivity index (χ1n) is 9.20. The molecule has 0 aliphatic rings. The van der Waals surface area contributed by atoms with Gasteiger partial charge in [0.15, 0.2) is 12.6 Å². The Hall–Kier alpha value is -2.24. The maximum absolute atomic E-state index is 12.2. The number of benzene rings is 1. The molecule has 0 aliphatic carbocycles. The number of halogens is 4. The van der Waals surface area contributed by atoms with Crippen LogP contribution in [0.2, 0.25) is 0 Å². The minimum absolute atomic E-state index is 0. The molecule has 1 heterocycles. The van der Waals surface area contributed by atoms with Crippen LogP contribution in [-0.2, 0) is 13.1 Å². The van der Waals surface area contributed by atoms with Crippen molar-refractivity contribution in [3.63, 3.8) is 0 Å². The number of hydrogen-bond acceptors (Lipinski definition) is 4. The fourth-order valence-electron chi connectivity index (χ4n) is 2.37. The van der Waals surface area contributed by atoms with Gasteiger partial charge in [-0.3, -0.25) is 0 Å². The third kappa shape index (κ3) is 9.51. The van der Waals surface area contributed by atoms with Crippen molar-refractivity contribution in [1.82, 2.24) is 15.6 Å². The molecule has 30 heavy (non-hydrogen) atoms. The number of aromatic nitrogens is 1. The molecule has 0 unspecified atom stereocenters. The molecule has 0 atom stereocenters. The second kappa shape index (κ2) is 12.5. The lowest BCUT2D eigenvalue weighted by molar-refractivity contribution is -0.153. The van der Waals surface area contributed by atoms with E-state index in [1.165, 1.54) is 12.1 Å². The van der Waals surface area contributed by atoms with Crippen LogP contribution < -0.4 is 20.3 Å². The minimum atomic E-state index is -4.35. The Morgan fingerprint density at radius 3 is 2.40 bits per heavy atom. The number of aliphatic imine (C=N–C) groups is 1. The normalized spacial score (nSPS) is 11.5. The van der Waals surface area contributed by atoms with Crippen LogP contribution in [-0.4, -0.2) is 44.4 Å². The van der Waals surface area contributed by atoms with Crippen LogP contribution in [0.3, 0.4) is 0 Å². The molecule has 0 aliphatic heterocycles. The van der Waals surface area contributed by atoms with Gasteiger partial charge in [0.25, 0.3) is 0 Å². The second-order valence-corrected chi connectivity index (χ2v) is 6.51. The van der Waals surface area contributed by atoms with Gasteiger partial charge in [0, 0.05) is 33.4 Å². The summed E-state index contributed by atoms with van der Waals surface area (Å²) in [4.78, 5) is 10.8. The SMILES string of the molecule is CCNC(=NCc1ccnc(N(C)C)c1)NCc1ccc(OCC(F)(F)F)cc1.I. The Kier molecular flexibility index (Phi) is 10.7. The quantitative estimate of drug-likeness (QED) is 0.304. The molecule has 0 radical (unpaired) electrons. The topological polar surface area (TPSA) is 61.8 Å². The molecule has 1 aromatic heterocycles. The molecule has 2 rings (SSSR count). The van der Waals surface area contributed by atoms with Gasteiger partial charge in [0.1, 0.15) is 11.6 Å². The fraction of sp³-hybridized carbons (Fsp3) is 0.400. The first-order valence-corrected chi connectivity index (χ1v) is 9.20. The summed E-state index contributed by atoms with van der Waals surface area (Å²) in [5, 5.41) is 6.38. The van der Waals surface area contributed by atoms with Crippen LogP contribution >= 0.6 is 24.0 Å². The zero-order chi connectivity index (χ0) is 21.3. The fourth-order valence-corrected chi connectivity index (χ4v) is 2.37. The van der Waals surface area contributed by atoms with Gasteiger partial charge >= 0.3 is 6.18 Å². The zero-order valence-corrected chi connectivity index (χ0v) is 19.5. The molecule has 0 amide bonds. The number of hydrogen-bond donors (Lipinski definition) is 2. The Bertz CT molecular complexity index is 798. The van der Waals surface area contributed by atoms with Crippen LogP contribution in [0, 0.1) is 0 Å². The Balaban J connectivity index is 0.00000450. The molecule has 1 aromatic carbocycles. The van der Waals surface area contributed by atoms with Gasteiger partial charge in [-0.15, -0.1) is 24.0 Å². The standard InChI is InChI=1S/C20H26F3N5O.HI/c1-4-24-19(27-13-16-9-10-25-18(11-16)28(2)3)26-12-15-5-7-17(8-6-15)29-14-20(21,22)23;/h5-11H,4,12-14H2,1-3H3,(H2,24,26,27);1H. The molecule has 0 spiro atoms. The zero-order valence-electron chi connectivity index (χ0n) is 17.2. The van der Waals surface area contributed by atoms with E-state index in [2.05, 4.69) is 20.6 Å². The van der Waals surface area contributed by atoms with Gasteiger partial charge in [-0.1, -0.05) is 12.1 Å². The first-order chi connectivity index (χ1) is 13.8. The Morgan fingerprint density at radius 1 is 1.10 bits per heavy atom. The largest absolute Gasteiger partial charge is 0.484 e. The van der Waals surface area contributed by atoms with E-state index in [4.69, 9.17) is 4.74 Å². The van der Waals surface area contributed by atoms with Crippen LogP contribution in [0.15, 0.2) is 47.6 Å². The first kappa shape index (κ1) is 25.8. The van der Waals surface area contributed by atoms with Crippen LogP contribution in [0.4, 0.5) is 19.0 Å². The van der Waals surface area contributed by atoms with Crippen molar-refractivity contribution in [2.24, 2.45) is 4.99 Å². The van der Waals surface area contributed by atoms with Crippen LogP contribution in [0.1, 0.15) is 18.1 Å². The van der Waals surface area contributed by atoms with Crippen molar-refractivity contribution in [2.75, 3.05) is 32.1 Å². The summed E-state index contributed by atoms with van der Waals surface area (Å²) in [6.45, 7) is 2.34. The third-order valence-corrected chi connectivity index (χ3v) is 3.82.